The van der Waals surface area contributed by atoms with Gasteiger partial charge in [0, 0.05) is 44.3 Å². The molecule has 0 spiro atoms. The number of aliphatic hydroxyl groups excluding tert-OH is 1. The Balaban J connectivity index is 1.71. The largest absolute Gasteiger partial charge is 0.391 e. The predicted molar refractivity (Wildman–Crippen MR) is 140 cm³/mol. The summed E-state index contributed by atoms with van der Waals surface area (Å²) in [6.45, 7) is 2.28. The topological polar surface area (TPSA) is 94.1 Å². The Morgan fingerprint density at radius 1 is 1.26 bits per heavy atom. The van der Waals surface area contributed by atoms with Crippen molar-refractivity contribution in [1.29, 1.82) is 0 Å². The number of amides is 2. The van der Waals surface area contributed by atoms with Gasteiger partial charge in [0.25, 0.3) is 0 Å². The third-order valence-electron chi connectivity index (χ3n) is 7.89. The molecule has 0 aromatic heterocycles. The molecule has 2 amide bonds. The van der Waals surface area contributed by atoms with Gasteiger partial charge in [-0.25, -0.2) is 4.79 Å². The summed E-state index contributed by atoms with van der Waals surface area (Å²) in [5, 5.41) is 29.8. The van der Waals surface area contributed by atoms with E-state index in [-0.39, 0.29) is 23.9 Å². The lowest BCUT2D eigenvalue weighted by Gasteiger charge is -2.43. The van der Waals surface area contributed by atoms with Crippen molar-refractivity contribution in [2.24, 2.45) is 11.8 Å². The summed E-state index contributed by atoms with van der Waals surface area (Å²) in [7, 11) is 3.53. The molecule has 4 unspecified atom stereocenters. The van der Waals surface area contributed by atoms with Gasteiger partial charge in [0.05, 0.1) is 17.7 Å². The number of carbonyl (C=O) groups excluding carboxylic acids is 1. The summed E-state index contributed by atoms with van der Waals surface area (Å²) in [6, 6.07) is 6.96. The summed E-state index contributed by atoms with van der Waals surface area (Å²) in [5.74, 6) is 0.133. The summed E-state index contributed by atoms with van der Waals surface area (Å²) < 4.78 is 5.20. The predicted octanol–water partition coefficient (Wildman–Crippen LogP) is 3.91. The number of halogens is 1. The highest BCUT2D eigenvalue weighted by Crippen LogP contribution is 2.40. The number of likely N-dealkylation sites (tertiary alicyclic amines) is 1. The molecule has 1 aliphatic carbocycles. The van der Waals surface area contributed by atoms with Crippen LogP contribution in [0.4, 0.5) is 4.79 Å². The molecule has 3 rings (SSSR count). The fourth-order valence-electron chi connectivity index (χ4n) is 5.89. The smallest absolute Gasteiger partial charge is 0.317 e. The SMILES string of the molecule is CNCC(NC(=O)N1CCCC(C(O)(CCCCOC)c2cccc(Cl)c2)C1)C(O)C1CCCC1. The van der Waals surface area contributed by atoms with Crippen molar-refractivity contribution >= 4 is 17.6 Å². The van der Waals surface area contributed by atoms with E-state index in [9.17, 15) is 15.0 Å². The van der Waals surface area contributed by atoms with Crippen LogP contribution in [0.2, 0.25) is 5.02 Å². The molecule has 4 atom stereocenters. The molecule has 198 valence electrons. The Hall–Kier alpha value is -1.38. The molecule has 1 aromatic rings. The number of benzene rings is 1. The molecule has 0 bridgehead atoms. The van der Waals surface area contributed by atoms with Gasteiger partial charge in [-0.1, -0.05) is 36.6 Å². The minimum absolute atomic E-state index is 0.106. The van der Waals surface area contributed by atoms with Gasteiger partial charge in [0.2, 0.25) is 0 Å². The lowest BCUT2D eigenvalue weighted by molar-refractivity contribution is -0.0566. The minimum Gasteiger partial charge on any atom is -0.391 e. The number of unbranched alkanes of at least 4 members (excludes halogenated alkanes) is 1. The number of hydrogen-bond acceptors (Lipinski definition) is 5. The molecule has 0 radical (unpaired) electrons. The quantitative estimate of drug-likeness (QED) is 0.320. The number of hydrogen-bond donors (Lipinski definition) is 4. The number of urea groups is 1. The number of nitrogens with zero attached hydrogens (tertiary/aromatic N) is 1. The average Bonchev–Trinajstić information content (AvgIpc) is 3.41. The van der Waals surface area contributed by atoms with Crippen LogP contribution in [0.15, 0.2) is 24.3 Å². The monoisotopic (exact) mass is 509 g/mol. The van der Waals surface area contributed by atoms with Gasteiger partial charge in [-0.2, -0.15) is 0 Å². The molecule has 1 saturated heterocycles. The maximum absolute atomic E-state index is 13.3. The van der Waals surface area contributed by atoms with Gasteiger partial charge >= 0.3 is 6.03 Å². The second-order valence-electron chi connectivity index (χ2n) is 10.3. The fraction of sp³-hybridized carbons (Fsp3) is 0.741. The second-order valence-corrected chi connectivity index (χ2v) is 10.8. The zero-order valence-corrected chi connectivity index (χ0v) is 22.1. The van der Waals surface area contributed by atoms with Crippen LogP contribution in [-0.4, -0.2) is 73.7 Å². The van der Waals surface area contributed by atoms with Crippen molar-refractivity contribution in [3.05, 3.63) is 34.9 Å². The number of piperidine rings is 1. The highest BCUT2D eigenvalue weighted by molar-refractivity contribution is 6.30. The fourth-order valence-corrected chi connectivity index (χ4v) is 6.08. The van der Waals surface area contributed by atoms with Crippen LogP contribution in [0.5, 0.6) is 0 Å². The number of ether oxygens (including phenoxy) is 1. The van der Waals surface area contributed by atoms with E-state index in [0.717, 1.165) is 56.9 Å². The molecule has 35 heavy (non-hydrogen) atoms. The Morgan fingerprint density at radius 2 is 2.03 bits per heavy atom. The number of methoxy groups -OCH3 is 1. The third kappa shape index (κ3) is 7.56. The molecule has 1 heterocycles. The molecular formula is C27H44ClN3O4. The Bertz CT molecular complexity index is 791. The van der Waals surface area contributed by atoms with E-state index in [4.69, 9.17) is 16.3 Å². The van der Waals surface area contributed by atoms with Gasteiger partial charge in [-0.05, 0) is 75.6 Å². The van der Waals surface area contributed by atoms with Crippen LogP contribution >= 0.6 is 11.6 Å². The number of rotatable bonds is 12. The summed E-state index contributed by atoms with van der Waals surface area (Å²) >= 11 is 6.29. The first-order chi connectivity index (χ1) is 16.9. The van der Waals surface area contributed by atoms with Crippen molar-refractivity contribution < 1.29 is 19.7 Å². The van der Waals surface area contributed by atoms with E-state index in [1.807, 2.05) is 36.2 Å². The van der Waals surface area contributed by atoms with Gasteiger partial charge in [-0.3, -0.25) is 0 Å². The molecule has 7 nitrogen and oxygen atoms in total. The van der Waals surface area contributed by atoms with Crippen molar-refractivity contribution in [2.45, 2.75) is 75.5 Å². The Labute approximate surface area is 215 Å². The first-order valence-electron chi connectivity index (χ1n) is 13.2. The highest BCUT2D eigenvalue weighted by atomic mass is 35.5. The van der Waals surface area contributed by atoms with E-state index >= 15 is 0 Å². The Morgan fingerprint density at radius 3 is 2.71 bits per heavy atom. The van der Waals surface area contributed by atoms with Crippen molar-refractivity contribution in [1.82, 2.24) is 15.5 Å². The van der Waals surface area contributed by atoms with Gasteiger partial charge < -0.3 is 30.5 Å². The normalized spacial score (nSPS) is 22.5. The van der Waals surface area contributed by atoms with E-state index in [0.29, 0.717) is 37.7 Å². The van der Waals surface area contributed by atoms with E-state index in [2.05, 4.69) is 10.6 Å². The molecule has 1 saturated carbocycles. The summed E-state index contributed by atoms with van der Waals surface area (Å²) in [6.07, 6.45) is 7.67. The van der Waals surface area contributed by atoms with Gasteiger partial charge in [0.1, 0.15) is 0 Å². The first kappa shape index (κ1) is 28.2. The molecule has 8 heteroatoms. The number of nitrogens with one attached hydrogen (secondary N) is 2. The molecule has 1 aromatic carbocycles. The molecule has 2 aliphatic rings. The van der Waals surface area contributed by atoms with Crippen LogP contribution < -0.4 is 10.6 Å². The molecule has 2 fully saturated rings. The van der Waals surface area contributed by atoms with Gasteiger partial charge in [-0.15, -0.1) is 0 Å². The molecular weight excluding hydrogens is 466 g/mol. The zero-order chi connectivity index (χ0) is 25.3. The van der Waals surface area contributed by atoms with Crippen LogP contribution in [0.3, 0.4) is 0 Å². The maximum Gasteiger partial charge on any atom is 0.317 e. The molecule has 1 aliphatic heterocycles. The van der Waals surface area contributed by atoms with Crippen molar-refractivity contribution in [2.75, 3.05) is 40.4 Å². The minimum atomic E-state index is -1.08. The van der Waals surface area contributed by atoms with Crippen LogP contribution in [0.25, 0.3) is 0 Å². The van der Waals surface area contributed by atoms with E-state index in [1.165, 1.54) is 0 Å². The average molecular weight is 510 g/mol. The number of likely N-dealkylation sites (N-methyl/N-ethyl adjacent to an activating group) is 1. The first-order valence-corrected chi connectivity index (χ1v) is 13.6. The van der Waals surface area contributed by atoms with E-state index in [1.54, 1.807) is 7.11 Å². The highest BCUT2D eigenvalue weighted by Gasteiger charge is 2.42. The maximum atomic E-state index is 13.3. The van der Waals surface area contributed by atoms with Crippen LogP contribution in [0, 0.1) is 11.8 Å². The standard InChI is InChI=1S/C27H44ClN3O4/c1-29-18-24(25(32)20-9-3-4-10-20)30-26(33)31-15-8-12-22(19-31)27(34,14-5-6-16-35-2)21-11-7-13-23(28)17-21/h7,11,13,17,20,22,24-25,29,32,34H,3-6,8-10,12,14-16,18-19H2,1-2H3,(H,30,33). The van der Waals surface area contributed by atoms with Gasteiger partial charge in [0.15, 0.2) is 0 Å². The second kappa shape index (κ2) is 13.8. The van der Waals surface area contributed by atoms with Crippen molar-refractivity contribution in [3.63, 3.8) is 0 Å². The summed E-state index contributed by atoms with van der Waals surface area (Å²) in [4.78, 5) is 15.1. The summed E-state index contributed by atoms with van der Waals surface area (Å²) in [5.41, 5.74) is -0.273. The molecule has 4 N–H and O–H groups in total. The van der Waals surface area contributed by atoms with Crippen molar-refractivity contribution in [3.8, 4) is 0 Å². The Kier molecular flexibility index (Phi) is 11.1. The van der Waals surface area contributed by atoms with E-state index < -0.39 is 11.7 Å². The van der Waals surface area contributed by atoms with Crippen LogP contribution in [0.1, 0.15) is 63.4 Å². The third-order valence-corrected chi connectivity index (χ3v) is 8.13. The lowest BCUT2D eigenvalue weighted by atomic mass is 9.74. The zero-order valence-electron chi connectivity index (χ0n) is 21.3. The lowest BCUT2D eigenvalue weighted by Crippen LogP contribution is -2.57. The number of carbonyl (C=O) groups is 1. The number of aliphatic hydroxyl groups is 2. The van der Waals surface area contributed by atoms with Crippen LogP contribution in [-0.2, 0) is 10.3 Å².